The molecule has 0 saturated carbocycles. The number of halogens is 1. The number of amides is 1. The lowest BCUT2D eigenvalue weighted by Crippen LogP contribution is -2.13. The zero-order chi connectivity index (χ0) is 20.5. The number of ketones is 1. The third-order valence-electron chi connectivity index (χ3n) is 4.04. The van der Waals surface area contributed by atoms with Crippen LogP contribution >= 0.6 is 22.9 Å². The van der Waals surface area contributed by atoms with Crippen LogP contribution in [0.15, 0.2) is 30.5 Å². The Labute approximate surface area is 173 Å². The maximum absolute atomic E-state index is 11.6. The van der Waals surface area contributed by atoms with Crippen LogP contribution in [0.25, 0.3) is 21.6 Å². The molecule has 0 spiro atoms. The Hall–Kier alpha value is -3.37. The summed E-state index contributed by atoms with van der Waals surface area (Å²) in [5.74, 6) is -0.685. The summed E-state index contributed by atoms with van der Waals surface area (Å²) in [5, 5.41) is 20.4. The van der Waals surface area contributed by atoms with Crippen LogP contribution in [0.1, 0.15) is 23.0 Å². The minimum atomic E-state index is -0.610. The SMILES string of the molecule is CC(=O)Cc1cc(C(N)=O)cc(-c2nnc(Nc3ccc4[nH]ncc4c3Cl)s2)n1. The molecule has 4 rings (SSSR count). The van der Waals surface area contributed by atoms with Crippen molar-refractivity contribution in [3.8, 4) is 10.7 Å². The number of fused-ring (bicyclic) bond motifs is 1. The molecule has 0 aliphatic carbocycles. The summed E-state index contributed by atoms with van der Waals surface area (Å²) in [6.07, 6.45) is 1.74. The lowest BCUT2D eigenvalue weighted by atomic mass is 10.1. The smallest absolute Gasteiger partial charge is 0.248 e. The van der Waals surface area contributed by atoms with E-state index in [9.17, 15) is 9.59 Å². The molecule has 29 heavy (non-hydrogen) atoms. The number of carbonyl (C=O) groups is 2. The van der Waals surface area contributed by atoms with Crippen LogP contribution in [0.5, 0.6) is 0 Å². The van der Waals surface area contributed by atoms with Crippen LogP contribution < -0.4 is 11.1 Å². The van der Waals surface area contributed by atoms with E-state index in [1.54, 1.807) is 12.3 Å². The quantitative estimate of drug-likeness (QED) is 0.429. The Kier molecular flexibility index (Phi) is 4.95. The first-order valence-corrected chi connectivity index (χ1v) is 9.63. The number of nitrogens with zero attached hydrogens (tertiary/aromatic N) is 4. The van der Waals surface area contributed by atoms with E-state index in [2.05, 4.69) is 30.7 Å². The van der Waals surface area contributed by atoms with Gasteiger partial charge in [-0.15, -0.1) is 10.2 Å². The van der Waals surface area contributed by atoms with Gasteiger partial charge in [0.15, 0.2) is 5.01 Å². The molecule has 0 radical (unpaired) electrons. The molecule has 3 heterocycles. The van der Waals surface area contributed by atoms with Crippen LogP contribution in [-0.4, -0.2) is 37.1 Å². The predicted molar refractivity (Wildman–Crippen MR) is 110 cm³/mol. The first-order chi connectivity index (χ1) is 13.9. The van der Waals surface area contributed by atoms with E-state index in [4.69, 9.17) is 17.3 Å². The summed E-state index contributed by atoms with van der Waals surface area (Å²) in [5.41, 5.74) is 7.99. The highest BCUT2D eigenvalue weighted by Gasteiger charge is 2.15. The Morgan fingerprint density at radius 3 is 2.86 bits per heavy atom. The highest BCUT2D eigenvalue weighted by atomic mass is 35.5. The van der Waals surface area contributed by atoms with Crippen molar-refractivity contribution >= 4 is 56.4 Å². The highest BCUT2D eigenvalue weighted by Crippen LogP contribution is 2.34. The van der Waals surface area contributed by atoms with Gasteiger partial charge in [0.2, 0.25) is 11.0 Å². The van der Waals surface area contributed by atoms with E-state index in [0.29, 0.717) is 32.2 Å². The first-order valence-electron chi connectivity index (χ1n) is 8.43. The van der Waals surface area contributed by atoms with Gasteiger partial charge in [0, 0.05) is 23.1 Å². The van der Waals surface area contributed by atoms with Gasteiger partial charge < -0.3 is 11.1 Å². The third-order valence-corrected chi connectivity index (χ3v) is 5.31. The van der Waals surface area contributed by atoms with Crippen molar-refractivity contribution in [2.75, 3.05) is 5.32 Å². The number of aromatic nitrogens is 5. The van der Waals surface area contributed by atoms with Gasteiger partial charge >= 0.3 is 0 Å². The van der Waals surface area contributed by atoms with E-state index in [1.165, 1.54) is 30.4 Å². The summed E-state index contributed by atoms with van der Waals surface area (Å²) in [7, 11) is 0. The molecule has 0 saturated heterocycles. The Morgan fingerprint density at radius 2 is 2.10 bits per heavy atom. The van der Waals surface area contributed by atoms with Gasteiger partial charge in [-0.1, -0.05) is 22.9 Å². The van der Waals surface area contributed by atoms with Gasteiger partial charge in [0.25, 0.3) is 0 Å². The minimum absolute atomic E-state index is 0.0750. The molecule has 1 amide bonds. The van der Waals surface area contributed by atoms with Gasteiger partial charge in [-0.3, -0.25) is 14.7 Å². The fourth-order valence-electron chi connectivity index (χ4n) is 2.76. The van der Waals surface area contributed by atoms with Crippen molar-refractivity contribution in [2.45, 2.75) is 13.3 Å². The molecular weight excluding hydrogens is 414 g/mol. The van der Waals surface area contributed by atoms with Crippen LogP contribution in [0.4, 0.5) is 10.8 Å². The summed E-state index contributed by atoms with van der Waals surface area (Å²) >= 11 is 7.65. The first kappa shape index (κ1) is 19.0. The van der Waals surface area contributed by atoms with Crippen LogP contribution in [0.3, 0.4) is 0 Å². The predicted octanol–water partition coefficient (Wildman–Crippen LogP) is 3.10. The average molecular weight is 428 g/mol. The molecule has 0 unspecified atom stereocenters. The van der Waals surface area contributed by atoms with Gasteiger partial charge in [-0.25, -0.2) is 4.98 Å². The van der Waals surface area contributed by atoms with E-state index in [1.807, 2.05) is 6.07 Å². The van der Waals surface area contributed by atoms with Crippen molar-refractivity contribution in [2.24, 2.45) is 5.73 Å². The largest absolute Gasteiger partial charge is 0.366 e. The van der Waals surface area contributed by atoms with Gasteiger partial charge in [0.05, 0.1) is 22.4 Å². The summed E-state index contributed by atoms with van der Waals surface area (Å²) < 4.78 is 0. The van der Waals surface area contributed by atoms with Crippen molar-refractivity contribution in [3.63, 3.8) is 0 Å². The maximum atomic E-state index is 11.6. The van der Waals surface area contributed by atoms with Gasteiger partial charge in [-0.2, -0.15) is 5.10 Å². The van der Waals surface area contributed by atoms with Crippen LogP contribution in [0.2, 0.25) is 5.02 Å². The Balaban J connectivity index is 1.66. The normalized spacial score (nSPS) is 11.0. The van der Waals surface area contributed by atoms with E-state index in [0.717, 1.165) is 10.9 Å². The molecule has 0 aliphatic rings. The zero-order valence-corrected chi connectivity index (χ0v) is 16.6. The van der Waals surface area contributed by atoms with Crippen molar-refractivity contribution < 1.29 is 9.59 Å². The second-order valence-corrected chi connectivity index (χ2v) is 7.63. The fraction of sp³-hybridized carbons (Fsp3) is 0.111. The maximum Gasteiger partial charge on any atom is 0.248 e. The number of anilines is 2. The molecule has 0 atom stereocenters. The Morgan fingerprint density at radius 1 is 1.28 bits per heavy atom. The molecular formula is C18H14ClN7O2S. The Bertz CT molecular complexity index is 1250. The van der Waals surface area contributed by atoms with Gasteiger partial charge in [0.1, 0.15) is 11.5 Å². The number of pyridine rings is 1. The molecule has 3 aromatic heterocycles. The fourth-order valence-corrected chi connectivity index (χ4v) is 3.73. The van der Waals surface area contributed by atoms with Gasteiger partial charge in [-0.05, 0) is 31.2 Å². The van der Waals surface area contributed by atoms with Crippen LogP contribution in [-0.2, 0) is 11.2 Å². The molecule has 146 valence electrons. The third kappa shape index (κ3) is 3.93. The molecule has 0 bridgehead atoms. The lowest BCUT2D eigenvalue weighted by Gasteiger charge is -2.05. The molecule has 11 heteroatoms. The standard InChI is InChI=1S/C18H14ClN7O2S/c1-8(27)4-10-5-9(16(20)28)6-14(22-10)17-25-26-18(29-17)23-13-3-2-12-11(15(13)19)7-21-24-12/h2-3,5-7H,4H2,1H3,(H2,20,28)(H,21,24)(H,23,26). The summed E-state index contributed by atoms with van der Waals surface area (Å²) in [4.78, 5) is 27.5. The van der Waals surface area contributed by atoms with Crippen LogP contribution in [0, 0.1) is 0 Å². The molecule has 4 N–H and O–H groups in total. The number of hydrogen-bond donors (Lipinski definition) is 3. The number of aromatic amines is 1. The number of nitrogens with one attached hydrogen (secondary N) is 2. The number of primary amides is 1. The minimum Gasteiger partial charge on any atom is -0.366 e. The van der Waals surface area contributed by atoms with E-state index < -0.39 is 5.91 Å². The van der Waals surface area contributed by atoms with Crippen molar-refractivity contribution in [1.29, 1.82) is 0 Å². The molecule has 4 aromatic rings. The van der Waals surface area contributed by atoms with Crippen molar-refractivity contribution in [3.05, 3.63) is 46.7 Å². The number of Topliss-reactive ketones (excluding diaryl/α,β-unsaturated/α-hetero) is 1. The molecule has 0 fully saturated rings. The molecule has 9 nitrogen and oxygen atoms in total. The van der Waals surface area contributed by atoms with E-state index >= 15 is 0 Å². The zero-order valence-electron chi connectivity index (χ0n) is 15.1. The molecule has 1 aromatic carbocycles. The number of rotatable bonds is 6. The number of H-pyrrole nitrogens is 1. The molecule has 0 aliphatic heterocycles. The lowest BCUT2D eigenvalue weighted by molar-refractivity contribution is -0.116. The summed E-state index contributed by atoms with van der Waals surface area (Å²) in [6.45, 7) is 1.45. The highest BCUT2D eigenvalue weighted by molar-refractivity contribution is 7.18. The average Bonchev–Trinajstić information content (AvgIpc) is 3.33. The number of carbonyl (C=O) groups excluding carboxylic acids is 2. The number of nitrogens with two attached hydrogens (primary N) is 1. The van der Waals surface area contributed by atoms with Crippen molar-refractivity contribution in [1.82, 2.24) is 25.4 Å². The van der Waals surface area contributed by atoms with E-state index in [-0.39, 0.29) is 17.8 Å². The number of hydrogen-bond acceptors (Lipinski definition) is 8. The summed E-state index contributed by atoms with van der Waals surface area (Å²) in [6, 6.07) is 6.69. The second kappa shape index (κ2) is 7.57. The second-order valence-electron chi connectivity index (χ2n) is 6.27. The monoisotopic (exact) mass is 427 g/mol. The topological polar surface area (TPSA) is 140 Å². The number of benzene rings is 1.